The van der Waals surface area contributed by atoms with Crippen LogP contribution in [0.1, 0.15) is 28.8 Å². The molecule has 0 saturated carbocycles. The number of nitrogens with zero attached hydrogens (tertiary/aromatic N) is 1. The molecule has 10 nitrogen and oxygen atoms in total. The zero-order valence-electron chi connectivity index (χ0n) is 16.3. The van der Waals surface area contributed by atoms with Crippen LogP contribution in [-0.4, -0.2) is 44.1 Å². The van der Waals surface area contributed by atoms with E-state index in [0.29, 0.717) is 17.4 Å². The molecule has 31 heavy (non-hydrogen) atoms. The molecule has 0 saturated heterocycles. The Kier molecular flexibility index (Phi) is 6.61. The molecule has 0 bridgehead atoms. The van der Waals surface area contributed by atoms with E-state index in [1.54, 1.807) is 42.5 Å². The number of fused-ring (bicyclic) bond motifs is 1. The highest BCUT2D eigenvalue weighted by molar-refractivity contribution is 5.96. The van der Waals surface area contributed by atoms with Gasteiger partial charge in [0.05, 0.1) is 17.2 Å². The molecule has 1 unspecified atom stereocenters. The average Bonchev–Trinajstić information content (AvgIpc) is 2.75. The van der Waals surface area contributed by atoms with Crippen molar-refractivity contribution < 1.29 is 24.6 Å². The summed E-state index contributed by atoms with van der Waals surface area (Å²) in [5.74, 6) is -3.02. The maximum atomic E-state index is 12.3. The summed E-state index contributed by atoms with van der Waals surface area (Å²) in [5, 5.41) is 23.8. The third kappa shape index (κ3) is 5.66. The highest BCUT2D eigenvalue weighted by Gasteiger charge is 2.21. The molecule has 1 heterocycles. The number of rotatable bonds is 9. The van der Waals surface area contributed by atoms with Crippen LogP contribution >= 0.6 is 0 Å². The van der Waals surface area contributed by atoms with E-state index in [9.17, 15) is 19.2 Å². The van der Waals surface area contributed by atoms with Crippen LogP contribution < -0.4 is 16.2 Å². The number of amides is 1. The smallest absolute Gasteiger partial charge is 0.326 e. The summed E-state index contributed by atoms with van der Waals surface area (Å²) >= 11 is 0. The van der Waals surface area contributed by atoms with E-state index < -0.39 is 23.9 Å². The lowest BCUT2D eigenvalue weighted by molar-refractivity contribution is -0.140. The maximum Gasteiger partial charge on any atom is 0.326 e. The lowest BCUT2D eigenvalue weighted by atomic mass is 10.1. The molecular formula is C21H20N4O6. The summed E-state index contributed by atoms with van der Waals surface area (Å²) < 4.78 is 0. The Morgan fingerprint density at radius 1 is 1.06 bits per heavy atom. The minimum Gasteiger partial charge on any atom is -0.481 e. The highest BCUT2D eigenvalue weighted by Crippen LogP contribution is 2.15. The number of benzene rings is 2. The van der Waals surface area contributed by atoms with E-state index in [-0.39, 0.29) is 24.0 Å². The summed E-state index contributed by atoms with van der Waals surface area (Å²) in [7, 11) is 0. The molecule has 0 radical (unpaired) electrons. The summed E-state index contributed by atoms with van der Waals surface area (Å²) in [5.41, 5.74) is 2.21. The molecule has 10 heteroatoms. The molecule has 0 aliphatic rings. The third-order valence-corrected chi connectivity index (χ3v) is 4.60. The largest absolute Gasteiger partial charge is 0.481 e. The number of carboxylic acid groups (broad SMARTS) is 2. The minimum absolute atomic E-state index is 0.206. The van der Waals surface area contributed by atoms with E-state index in [0.717, 1.165) is 11.3 Å². The van der Waals surface area contributed by atoms with Gasteiger partial charge in [-0.15, -0.1) is 0 Å². The van der Waals surface area contributed by atoms with Gasteiger partial charge < -0.3 is 25.8 Å². The number of aliphatic carboxylic acids is 2. The van der Waals surface area contributed by atoms with Gasteiger partial charge in [-0.05, 0) is 42.3 Å². The fraction of sp³-hybridized carbons (Fsp3) is 0.190. The summed E-state index contributed by atoms with van der Waals surface area (Å²) in [6, 6.07) is 10.5. The van der Waals surface area contributed by atoms with Gasteiger partial charge in [-0.1, -0.05) is 12.1 Å². The Morgan fingerprint density at radius 2 is 1.81 bits per heavy atom. The van der Waals surface area contributed by atoms with Gasteiger partial charge in [-0.2, -0.15) is 0 Å². The van der Waals surface area contributed by atoms with E-state index in [4.69, 9.17) is 10.2 Å². The number of hydrogen-bond donors (Lipinski definition) is 5. The molecule has 1 aromatic heterocycles. The topological polar surface area (TPSA) is 161 Å². The first kappa shape index (κ1) is 21.5. The number of anilines is 1. The van der Waals surface area contributed by atoms with Crippen LogP contribution in [-0.2, 0) is 16.1 Å². The second-order valence-electron chi connectivity index (χ2n) is 6.81. The summed E-state index contributed by atoms with van der Waals surface area (Å²) in [6.45, 7) is 0.432. The molecule has 1 amide bonds. The number of carbonyl (C=O) groups is 3. The van der Waals surface area contributed by atoms with Crippen LogP contribution in [0, 0.1) is 0 Å². The number of aromatic nitrogens is 2. The number of carbonyl (C=O) groups excluding carboxylic acids is 1. The molecule has 3 rings (SSSR count). The average molecular weight is 424 g/mol. The Balaban J connectivity index is 1.61. The van der Waals surface area contributed by atoms with Crippen LogP contribution in [0.2, 0.25) is 0 Å². The molecule has 2 aromatic carbocycles. The van der Waals surface area contributed by atoms with Gasteiger partial charge in [0.1, 0.15) is 6.04 Å². The second-order valence-corrected chi connectivity index (χ2v) is 6.81. The molecule has 0 aliphatic carbocycles. The van der Waals surface area contributed by atoms with Gasteiger partial charge >= 0.3 is 11.9 Å². The van der Waals surface area contributed by atoms with Crippen molar-refractivity contribution in [3.8, 4) is 0 Å². The fourth-order valence-corrected chi connectivity index (χ4v) is 2.92. The van der Waals surface area contributed by atoms with Crippen LogP contribution in [0.15, 0.2) is 53.6 Å². The minimum atomic E-state index is -1.29. The zero-order chi connectivity index (χ0) is 22.4. The first-order valence-electron chi connectivity index (χ1n) is 9.39. The molecule has 0 spiro atoms. The van der Waals surface area contributed by atoms with E-state index in [1.807, 2.05) is 0 Å². The van der Waals surface area contributed by atoms with Gasteiger partial charge in [0, 0.05) is 24.2 Å². The summed E-state index contributed by atoms with van der Waals surface area (Å²) in [4.78, 5) is 52.6. The molecule has 1 atom stereocenters. The van der Waals surface area contributed by atoms with E-state index >= 15 is 0 Å². The molecule has 0 fully saturated rings. The van der Waals surface area contributed by atoms with Crippen molar-refractivity contribution >= 4 is 34.4 Å². The van der Waals surface area contributed by atoms with Crippen LogP contribution in [0.3, 0.4) is 0 Å². The number of aromatic amines is 1. The SMILES string of the molecule is O=C(O)CCC(NC(=O)c1ccc(CNc2ccc3nc[nH]c(=O)c3c2)cc1)C(=O)O. The Labute approximate surface area is 175 Å². The van der Waals surface area contributed by atoms with Gasteiger partial charge in [-0.25, -0.2) is 9.78 Å². The quantitative estimate of drug-likeness (QED) is 0.346. The van der Waals surface area contributed by atoms with Crippen LogP contribution in [0.25, 0.3) is 10.9 Å². The first-order valence-corrected chi connectivity index (χ1v) is 9.39. The zero-order valence-corrected chi connectivity index (χ0v) is 16.3. The lowest BCUT2D eigenvalue weighted by Crippen LogP contribution is -2.41. The standard InChI is InChI=1S/C21H20N4O6/c26-18(27)8-7-17(21(30)31)25-19(28)13-3-1-12(2-4-13)10-22-14-5-6-16-15(9-14)20(29)24-11-23-16/h1-6,9,11,17,22H,7-8,10H2,(H,25,28)(H,26,27)(H,30,31)(H,23,24,29). The Morgan fingerprint density at radius 3 is 2.48 bits per heavy atom. The second kappa shape index (κ2) is 9.53. The van der Waals surface area contributed by atoms with Crippen LogP contribution in [0.5, 0.6) is 0 Å². The molecule has 3 aromatic rings. The lowest BCUT2D eigenvalue weighted by Gasteiger charge is -2.14. The predicted molar refractivity (Wildman–Crippen MR) is 112 cm³/mol. The van der Waals surface area contributed by atoms with Crippen molar-refractivity contribution in [1.29, 1.82) is 0 Å². The number of hydrogen-bond acceptors (Lipinski definition) is 6. The highest BCUT2D eigenvalue weighted by atomic mass is 16.4. The molecular weight excluding hydrogens is 404 g/mol. The Bertz CT molecular complexity index is 1170. The van der Waals surface area contributed by atoms with Crippen molar-refractivity contribution in [2.75, 3.05) is 5.32 Å². The third-order valence-electron chi connectivity index (χ3n) is 4.60. The van der Waals surface area contributed by atoms with Crippen LogP contribution in [0.4, 0.5) is 5.69 Å². The predicted octanol–water partition coefficient (Wildman–Crippen LogP) is 1.58. The van der Waals surface area contributed by atoms with Crippen molar-refractivity contribution in [2.24, 2.45) is 0 Å². The normalized spacial score (nSPS) is 11.6. The first-order chi connectivity index (χ1) is 14.8. The van der Waals surface area contributed by atoms with Crippen molar-refractivity contribution in [1.82, 2.24) is 15.3 Å². The van der Waals surface area contributed by atoms with Gasteiger partial charge in [0.2, 0.25) is 0 Å². The van der Waals surface area contributed by atoms with E-state index in [2.05, 4.69) is 20.6 Å². The van der Waals surface area contributed by atoms with Crippen molar-refractivity contribution in [3.63, 3.8) is 0 Å². The van der Waals surface area contributed by atoms with Crippen molar-refractivity contribution in [3.05, 3.63) is 70.3 Å². The maximum absolute atomic E-state index is 12.3. The molecule has 0 aliphatic heterocycles. The van der Waals surface area contributed by atoms with Gasteiger partial charge in [0.15, 0.2) is 0 Å². The van der Waals surface area contributed by atoms with Gasteiger partial charge in [-0.3, -0.25) is 14.4 Å². The number of carboxylic acids is 2. The number of nitrogens with one attached hydrogen (secondary N) is 3. The van der Waals surface area contributed by atoms with Gasteiger partial charge in [0.25, 0.3) is 11.5 Å². The Hall–Kier alpha value is -4.21. The van der Waals surface area contributed by atoms with E-state index in [1.165, 1.54) is 6.33 Å². The summed E-state index contributed by atoms with van der Waals surface area (Å²) in [6.07, 6.45) is 0.779. The molecule has 5 N–H and O–H groups in total. The van der Waals surface area contributed by atoms with Crippen molar-refractivity contribution in [2.45, 2.75) is 25.4 Å². The monoisotopic (exact) mass is 424 g/mol. The molecule has 160 valence electrons. The fourth-order valence-electron chi connectivity index (χ4n) is 2.92. The number of H-pyrrole nitrogens is 1.